The number of fused-ring (bicyclic) bond motifs is 1. The van der Waals surface area contributed by atoms with Gasteiger partial charge >= 0.3 is 0 Å². The van der Waals surface area contributed by atoms with Crippen LogP contribution in [0.2, 0.25) is 0 Å². The van der Waals surface area contributed by atoms with Gasteiger partial charge in [0.1, 0.15) is 5.82 Å². The molecule has 0 unspecified atom stereocenters. The zero-order valence-electron chi connectivity index (χ0n) is 17.4. The number of nitrogens with zero attached hydrogens (tertiary/aromatic N) is 4. The normalized spacial score (nSPS) is 28.8. The molecule has 1 aromatic rings. The predicted octanol–water partition coefficient (Wildman–Crippen LogP) is 2.26. The van der Waals surface area contributed by atoms with Crippen LogP contribution in [0.25, 0.3) is 0 Å². The van der Waals surface area contributed by atoms with Gasteiger partial charge in [-0.1, -0.05) is 20.3 Å². The molecular weight excluding hydrogens is 352 g/mol. The van der Waals surface area contributed by atoms with Gasteiger partial charge in [0.05, 0.1) is 12.2 Å². The number of likely N-dealkylation sites (tertiary alicyclic amines) is 2. The monoisotopic (exact) mass is 386 g/mol. The van der Waals surface area contributed by atoms with Crippen molar-refractivity contribution in [2.24, 2.45) is 11.8 Å². The average molecular weight is 387 g/mol. The molecule has 28 heavy (non-hydrogen) atoms. The van der Waals surface area contributed by atoms with E-state index in [1.807, 2.05) is 4.57 Å². The fourth-order valence-corrected chi connectivity index (χ4v) is 5.32. The van der Waals surface area contributed by atoms with Crippen molar-refractivity contribution in [3.8, 4) is 0 Å². The molecule has 0 radical (unpaired) electrons. The molecule has 0 spiro atoms. The minimum absolute atomic E-state index is 0.104. The predicted molar refractivity (Wildman–Crippen MR) is 109 cm³/mol. The highest BCUT2D eigenvalue weighted by Gasteiger charge is 2.31. The van der Waals surface area contributed by atoms with Gasteiger partial charge in [-0.05, 0) is 44.1 Å². The Labute approximate surface area is 167 Å². The molecule has 3 atom stereocenters. The molecule has 0 saturated carbocycles. The largest absolute Gasteiger partial charge is 0.341 e. The number of amides is 1. The van der Waals surface area contributed by atoms with Crippen LogP contribution in [0, 0.1) is 11.8 Å². The number of aromatic nitrogens is 2. The Balaban J connectivity index is 1.39. The maximum absolute atomic E-state index is 12.8. The first-order valence-corrected chi connectivity index (χ1v) is 11.1. The third kappa shape index (κ3) is 4.32. The van der Waals surface area contributed by atoms with Crippen LogP contribution in [0.3, 0.4) is 0 Å². The van der Waals surface area contributed by atoms with Crippen LogP contribution < -0.4 is 5.56 Å². The van der Waals surface area contributed by atoms with Gasteiger partial charge in [0, 0.05) is 44.6 Å². The van der Waals surface area contributed by atoms with Crippen LogP contribution in [-0.4, -0.2) is 58.0 Å². The highest BCUT2D eigenvalue weighted by atomic mass is 16.2. The topological polar surface area (TPSA) is 58.4 Å². The number of piperidine rings is 1. The molecule has 2 fully saturated rings. The molecule has 3 aliphatic rings. The Morgan fingerprint density at radius 3 is 2.68 bits per heavy atom. The van der Waals surface area contributed by atoms with Crippen molar-refractivity contribution in [1.82, 2.24) is 19.4 Å². The number of hydrogen-bond donors (Lipinski definition) is 0. The third-order valence-corrected chi connectivity index (χ3v) is 6.66. The Bertz CT molecular complexity index is 764. The zero-order valence-corrected chi connectivity index (χ0v) is 17.4. The Morgan fingerprint density at radius 2 is 1.89 bits per heavy atom. The summed E-state index contributed by atoms with van der Waals surface area (Å²) in [5, 5.41) is 0. The second-order valence-electron chi connectivity index (χ2n) is 9.36. The van der Waals surface area contributed by atoms with E-state index in [-0.39, 0.29) is 17.4 Å². The molecule has 0 aliphatic carbocycles. The highest BCUT2D eigenvalue weighted by molar-refractivity contribution is 5.78. The molecule has 6 nitrogen and oxygen atoms in total. The summed E-state index contributed by atoms with van der Waals surface area (Å²) in [7, 11) is 0. The fraction of sp³-hybridized carbons (Fsp3) is 0.773. The maximum atomic E-state index is 12.8. The van der Waals surface area contributed by atoms with E-state index in [4.69, 9.17) is 4.98 Å². The van der Waals surface area contributed by atoms with E-state index >= 15 is 0 Å². The molecule has 0 aromatic carbocycles. The minimum Gasteiger partial charge on any atom is -0.341 e. The lowest BCUT2D eigenvalue weighted by atomic mass is 9.92. The van der Waals surface area contributed by atoms with E-state index in [2.05, 4.69) is 23.6 Å². The number of rotatable bonds is 3. The van der Waals surface area contributed by atoms with Crippen molar-refractivity contribution < 1.29 is 4.79 Å². The molecule has 2 saturated heterocycles. The van der Waals surface area contributed by atoms with Crippen molar-refractivity contribution >= 4 is 5.91 Å². The fourth-order valence-electron chi connectivity index (χ4n) is 5.32. The third-order valence-electron chi connectivity index (χ3n) is 6.66. The second kappa shape index (κ2) is 8.36. The first kappa shape index (κ1) is 19.6. The molecule has 4 heterocycles. The molecule has 1 amide bonds. The van der Waals surface area contributed by atoms with Crippen LogP contribution in [0.5, 0.6) is 0 Å². The van der Waals surface area contributed by atoms with E-state index in [0.717, 1.165) is 69.9 Å². The smallest absolute Gasteiger partial charge is 0.253 e. The van der Waals surface area contributed by atoms with Gasteiger partial charge < -0.3 is 4.90 Å². The van der Waals surface area contributed by atoms with Crippen molar-refractivity contribution in [2.75, 3.05) is 32.7 Å². The first-order valence-electron chi connectivity index (χ1n) is 11.1. The number of aryl methyl sites for hydroxylation is 1. The van der Waals surface area contributed by atoms with Gasteiger partial charge in [-0.3, -0.25) is 19.1 Å². The average Bonchev–Trinajstić information content (AvgIpc) is 2.97. The lowest BCUT2D eigenvalue weighted by molar-refractivity contribution is -0.134. The molecule has 3 aliphatic heterocycles. The van der Waals surface area contributed by atoms with Crippen molar-refractivity contribution in [3.05, 3.63) is 27.9 Å². The van der Waals surface area contributed by atoms with Crippen molar-refractivity contribution in [3.63, 3.8) is 0 Å². The van der Waals surface area contributed by atoms with Gasteiger partial charge in [-0.2, -0.15) is 0 Å². The number of hydrogen-bond acceptors (Lipinski definition) is 4. The van der Waals surface area contributed by atoms with E-state index in [0.29, 0.717) is 18.4 Å². The molecule has 1 aromatic heterocycles. The van der Waals surface area contributed by atoms with Crippen molar-refractivity contribution in [1.29, 1.82) is 0 Å². The highest BCUT2D eigenvalue weighted by Crippen LogP contribution is 2.27. The summed E-state index contributed by atoms with van der Waals surface area (Å²) in [6.07, 6.45) is 6.47. The van der Waals surface area contributed by atoms with E-state index in [9.17, 15) is 9.59 Å². The molecule has 0 bridgehead atoms. The first-order chi connectivity index (χ1) is 13.5. The van der Waals surface area contributed by atoms with Crippen LogP contribution in [0.4, 0.5) is 0 Å². The molecule has 154 valence electrons. The number of carbonyl (C=O) groups excluding carboxylic acids is 1. The van der Waals surface area contributed by atoms with Crippen LogP contribution in [0.15, 0.2) is 10.9 Å². The second-order valence-corrected chi connectivity index (χ2v) is 9.36. The van der Waals surface area contributed by atoms with Crippen LogP contribution in [0.1, 0.15) is 63.4 Å². The molecule has 6 heteroatoms. The molecular formula is C22H34N4O2. The minimum atomic E-state index is 0.104. The summed E-state index contributed by atoms with van der Waals surface area (Å²) in [6.45, 7) is 9.32. The number of carbonyl (C=O) groups is 1. The van der Waals surface area contributed by atoms with Gasteiger partial charge in [0.2, 0.25) is 5.91 Å². The van der Waals surface area contributed by atoms with Gasteiger partial charge in [-0.25, -0.2) is 4.98 Å². The zero-order chi connectivity index (χ0) is 19.7. The summed E-state index contributed by atoms with van der Waals surface area (Å²) < 4.78 is 1.87. The standard InChI is InChI=1S/C22H34N4O2/c1-16-10-17(2)13-25(12-16)22(28)15-24-9-7-18(14-24)19-11-21(27)26-8-5-3-4-6-20(26)23-19/h11,16-18H,3-10,12-15H2,1-2H3/t16-,17-,18-/m0/s1. The Hall–Kier alpha value is -1.69. The Morgan fingerprint density at radius 1 is 1.11 bits per heavy atom. The summed E-state index contributed by atoms with van der Waals surface area (Å²) in [5.74, 6) is 2.68. The van der Waals surface area contributed by atoms with Crippen LogP contribution >= 0.6 is 0 Å². The molecule has 4 rings (SSSR count). The summed E-state index contributed by atoms with van der Waals surface area (Å²) >= 11 is 0. The van der Waals surface area contributed by atoms with E-state index in [1.54, 1.807) is 6.07 Å². The van der Waals surface area contributed by atoms with E-state index < -0.39 is 0 Å². The van der Waals surface area contributed by atoms with Gasteiger partial charge in [0.25, 0.3) is 5.56 Å². The van der Waals surface area contributed by atoms with Gasteiger partial charge in [-0.15, -0.1) is 0 Å². The van der Waals surface area contributed by atoms with Gasteiger partial charge in [0.15, 0.2) is 0 Å². The van der Waals surface area contributed by atoms with Crippen LogP contribution in [-0.2, 0) is 17.8 Å². The summed E-state index contributed by atoms with van der Waals surface area (Å²) in [6, 6.07) is 1.75. The van der Waals surface area contributed by atoms with E-state index in [1.165, 1.54) is 12.8 Å². The summed E-state index contributed by atoms with van der Waals surface area (Å²) in [4.78, 5) is 34.5. The lowest BCUT2D eigenvalue weighted by Gasteiger charge is -2.35. The SMILES string of the molecule is C[C@H]1C[C@H](C)CN(C(=O)CN2CC[C@H](c3cc(=O)n4c(n3)CCCCC4)C2)C1. The maximum Gasteiger partial charge on any atom is 0.253 e. The lowest BCUT2D eigenvalue weighted by Crippen LogP contribution is -2.46. The Kier molecular flexibility index (Phi) is 5.85. The summed E-state index contributed by atoms with van der Waals surface area (Å²) in [5.41, 5.74) is 1.04. The quantitative estimate of drug-likeness (QED) is 0.800. The molecule has 0 N–H and O–H groups in total. The van der Waals surface area contributed by atoms with Crippen molar-refractivity contribution in [2.45, 2.75) is 64.8 Å².